The van der Waals surface area contributed by atoms with Crippen molar-refractivity contribution in [3.05, 3.63) is 36.7 Å². The van der Waals surface area contributed by atoms with Crippen molar-refractivity contribution in [2.75, 3.05) is 26.8 Å². The highest BCUT2D eigenvalue weighted by Crippen LogP contribution is 2.27. The van der Waals surface area contributed by atoms with E-state index in [9.17, 15) is 9.59 Å². The van der Waals surface area contributed by atoms with Gasteiger partial charge >= 0.3 is 6.03 Å². The molecule has 2 aliphatic rings. The van der Waals surface area contributed by atoms with E-state index in [4.69, 9.17) is 4.84 Å². The number of nitrogens with one attached hydrogen (secondary N) is 1. The van der Waals surface area contributed by atoms with Gasteiger partial charge in [0.05, 0.1) is 38.2 Å². The molecular formula is C14H17N5O4. The first kappa shape index (κ1) is 15.3. The average molecular weight is 319 g/mol. The number of hydrogen-bond acceptors (Lipinski definition) is 5. The predicted octanol–water partition coefficient (Wildman–Crippen LogP) is 0.253. The quantitative estimate of drug-likeness (QED) is 0.600. The number of rotatable bonds is 6. The molecule has 0 radical (unpaired) electrons. The molecule has 122 valence electrons. The maximum atomic E-state index is 12.3. The van der Waals surface area contributed by atoms with Crippen LogP contribution in [0.1, 0.15) is 10.5 Å². The summed E-state index contributed by atoms with van der Waals surface area (Å²) in [5.74, 6) is -0.412. The molecule has 1 N–H and O–H groups in total. The highest BCUT2D eigenvalue weighted by molar-refractivity contribution is 5.93. The van der Waals surface area contributed by atoms with Crippen molar-refractivity contribution in [3.63, 3.8) is 0 Å². The average Bonchev–Trinajstić information content (AvgIpc) is 3.11. The maximum absolute atomic E-state index is 12.3. The minimum atomic E-state index is -0.412. The summed E-state index contributed by atoms with van der Waals surface area (Å²) in [4.78, 5) is 35.9. The van der Waals surface area contributed by atoms with E-state index in [-0.39, 0.29) is 18.7 Å². The van der Waals surface area contributed by atoms with Gasteiger partial charge in [0.15, 0.2) is 0 Å². The molecule has 2 aliphatic heterocycles. The lowest BCUT2D eigenvalue weighted by atomic mass is 10.2. The third-order valence-corrected chi connectivity index (χ3v) is 3.58. The minimum absolute atomic E-state index is 0.210. The smallest absolute Gasteiger partial charge is 0.314 e. The summed E-state index contributed by atoms with van der Waals surface area (Å²) < 4.78 is 1.50. The maximum Gasteiger partial charge on any atom is 0.345 e. The lowest BCUT2D eigenvalue weighted by molar-refractivity contribution is -0.107. The van der Waals surface area contributed by atoms with Crippen LogP contribution in [0, 0.1) is 0 Å². The molecule has 1 unspecified atom stereocenters. The largest absolute Gasteiger partial charge is 0.345 e. The third-order valence-electron chi connectivity index (χ3n) is 3.58. The summed E-state index contributed by atoms with van der Waals surface area (Å²) in [6.45, 7) is 4.71. The van der Waals surface area contributed by atoms with Crippen LogP contribution in [0.15, 0.2) is 31.0 Å². The SMILES string of the molecule is C=CCON1C(=O)N2CC(n3nccc3C(=O)NOC)=CC1C2. The number of urea groups is 1. The number of nitrogens with zero attached hydrogens (tertiary/aromatic N) is 4. The highest BCUT2D eigenvalue weighted by atomic mass is 16.7. The Bertz CT molecular complexity index is 668. The monoisotopic (exact) mass is 319 g/mol. The Balaban J connectivity index is 1.86. The van der Waals surface area contributed by atoms with Gasteiger partial charge in [0.25, 0.3) is 5.91 Å². The Hall–Kier alpha value is -2.65. The summed E-state index contributed by atoms with van der Waals surface area (Å²) in [7, 11) is 1.36. The van der Waals surface area contributed by atoms with Crippen LogP contribution in [-0.2, 0) is 9.68 Å². The molecule has 3 amide bonds. The topological polar surface area (TPSA) is 88.9 Å². The lowest BCUT2D eigenvalue weighted by Gasteiger charge is -2.22. The Morgan fingerprint density at radius 1 is 1.61 bits per heavy atom. The molecule has 2 bridgehead atoms. The lowest BCUT2D eigenvalue weighted by Crippen LogP contribution is -2.33. The second kappa shape index (κ2) is 6.23. The first-order chi connectivity index (χ1) is 11.2. The van der Waals surface area contributed by atoms with Crippen molar-refractivity contribution in [2.45, 2.75) is 6.04 Å². The first-order valence-electron chi connectivity index (χ1n) is 7.06. The zero-order chi connectivity index (χ0) is 16.4. The van der Waals surface area contributed by atoms with Crippen molar-refractivity contribution < 1.29 is 19.3 Å². The van der Waals surface area contributed by atoms with Crippen molar-refractivity contribution in [2.24, 2.45) is 0 Å². The van der Waals surface area contributed by atoms with E-state index in [1.54, 1.807) is 17.0 Å². The molecule has 0 spiro atoms. The molecule has 1 saturated heterocycles. The van der Waals surface area contributed by atoms with Crippen molar-refractivity contribution >= 4 is 17.6 Å². The number of carbonyl (C=O) groups is 2. The summed E-state index contributed by atoms with van der Waals surface area (Å²) in [6, 6.07) is 1.14. The molecule has 1 atom stereocenters. The van der Waals surface area contributed by atoms with Gasteiger partial charge in [-0.15, -0.1) is 6.58 Å². The summed E-state index contributed by atoms with van der Waals surface area (Å²) in [5.41, 5.74) is 3.31. The second-order valence-corrected chi connectivity index (χ2v) is 5.06. The number of hydroxylamine groups is 3. The Labute approximate surface area is 132 Å². The number of carbonyl (C=O) groups excluding carboxylic acids is 2. The van der Waals surface area contributed by atoms with E-state index in [0.717, 1.165) is 5.70 Å². The molecule has 9 nitrogen and oxygen atoms in total. The second-order valence-electron chi connectivity index (χ2n) is 5.06. The van der Waals surface area contributed by atoms with Gasteiger partial charge in [-0.25, -0.2) is 15.0 Å². The normalized spacial score (nSPS) is 19.8. The van der Waals surface area contributed by atoms with E-state index in [1.165, 1.54) is 23.1 Å². The fraction of sp³-hybridized carbons (Fsp3) is 0.357. The Kier molecular flexibility index (Phi) is 4.13. The molecule has 23 heavy (non-hydrogen) atoms. The summed E-state index contributed by atoms with van der Waals surface area (Å²) >= 11 is 0. The van der Waals surface area contributed by atoms with Crippen LogP contribution in [-0.4, -0.2) is 64.5 Å². The van der Waals surface area contributed by atoms with Crippen LogP contribution in [0.2, 0.25) is 0 Å². The van der Waals surface area contributed by atoms with Gasteiger partial charge in [-0.2, -0.15) is 10.2 Å². The molecule has 0 aliphatic carbocycles. The fourth-order valence-electron chi connectivity index (χ4n) is 2.65. The van der Waals surface area contributed by atoms with E-state index >= 15 is 0 Å². The zero-order valence-corrected chi connectivity index (χ0v) is 12.6. The van der Waals surface area contributed by atoms with Crippen molar-refractivity contribution in [1.82, 2.24) is 25.2 Å². The molecule has 3 heterocycles. The van der Waals surface area contributed by atoms with Gasteiger partial charge in [0.2, 0.25) is 0 Å². The van der Waals surface area contributed by atoms with Crippen LogP contribution in [0.5, 0.6) is 0 Å². The van der Waals surface area contributed by atoms with Gasteiger partial charge in [0, 0.05) is 6.54 Å². The van der Waals surface area contributed by atoms with Crippen molar-refractivity contribution in [1.29, 1.82) is 0 Å². The highest BCUT2D eigenvalue weighted by Gasteiger charge is 2.41. The Morgan fingerprint density at radius 3 is 3.17 bits per heavy atom. The first-order valence-corrected chi connectivity index (χ1v) is 7.06. The van der Waals surface area contributed by atoms with Crippen LogP contribution in [0.25, 0.3) is 5.70 Å². The van der Waals surface area contributed by atoms with Crippen LogP contribution < -0.4 is 5.48 Å². The van der Waals surface area contributed by atoms with Gasteiger partial charge in [-0.1, -0.05) is 6.08 Å². The number of hydrogen-bond donors (Lipinski definition) is 1. The molecule has 1 aromatic rings. The zero-order valence-electron chi connectivity index (χ0n) is 12.6. The Morgan fingerprint density at radius 2 is 2.43 bits per heavy atom. The van der Waals surface area contributed by atoms with E-state index < -0.39 is 5.91 Å². The standard InChI is InChI=1S/C14H17N5O4/c1-3-6-23-19-11-7-10(8-17(9-11)14(19)21)18-12(4-5-15-18)13(20)16-22-2/h3-5,7,11H,1,6,8-9H2,2H3,(H,16,20). The fourth-order valence-corrected chi connectivity index (χ4v) is 2.65. The molecule has 0 aromatic carbocycles. The number of fused-ring (bicyclic) bond motifs is 2. The predicted molar refractivity (Wildman–Crippen MR) is 79.7 cm³/mol. The van der Waals surface area contributed by atoms with Gasteiger partial charge in [0.1, 0.15) is 5.69 Å². The van der Waals surface area contributed by atoms with Gasteiger partial charge < -0.3 is 4.90 Å². The van der Waals surface area contributed by atoms with Gasteiger partial charge in [-0.05, 0) is 12.1 Å². The summed E-state index contributed by atoms with van der Waals surface area (Å²) in [6.07, 6.45) is 4.97. The third kappa shape index (κ3) is 2.71. The molecular weight excluding hydrogens is 302 g/mol. The van der Waals surface area contributed by atoms with E-state index in [0.29, 0.717) is 18.8 Å². The molecule has 0 saturated carbocycles. The van der Waals surface area contributed by atoms with Crippen LogP contribution >= 0.6 is 0 Å². The minimum Gasteiger partial charge on any atom is -0.314 e. The molecule has 9 heteroatoms. The van der Waals surface area contributed by atoms with Crippen LogP contribution in [0.4, 0.5) is 4.79 Å². The summed E-state index contributed by atoms with van der Waals surface area (Å²) in [5, 5.41) is 5.50. The van der Waals surface area contributed by atoms with Crippen LogP contribution in [0.3, 0.4) is 0 Å². The molecule has 1 fully saturated rings. The number of amides is 3. The molecule has 3 rings (SSSR count). The van der Waals surface area contributed by atoms with E-state index in [2.05, 4.69) is 22.0 Å². The van der Waals surface area contributed by atoms with Gasteiger partial charge in [-0.3, -0.25) is 14.5 Å². The number of aromatic nitrogens is 2. The molecule has 1 aromatic heterocycles. The van der Waals surface area contributed by atoms with Crippen molar-refractivity contribution in [3.8, 4) is 0 Å². The van der Waals surface area contributed by atoms with E-state index in [1.807, 2.05) is 6.08 Å².